The molecule has 18 heavy (non-hydrogen) atoms. The molecule has 100 valence electrons. The van der Waals surface area contributed by atoms with Crippen LogP contribution < -0.4 is 0 Å². The van der Waals surface area contributed by atoms with Gasteiger partial charge >= 0.3 is 0 Å². The molecule has 0 aromatic heterocycles. The van der Waals surface area contributed by atoms with E-state index in [1.54, 1.807) is 0 Å². The van der Waals surface area contributed by atoms with E-state index in [9.17, 15) is 0 Å². The molecule has 0 aliphatic carbocycles. The smallest absolute Gasteiger partial charge is 0.193 e. The summed E-state index contributed by atoms with van der Waals surface area (Å²) >= 11 is 2.26. The Hall–Kier alpha value is -0.133. The third-order valence-electron chi connectivity index (χ3n) is 3.60. The Morgan fingerprint density at radius 1 is 1.17 bits per heavy atom. The van der Waals surface area contributed by atoms with Crippen molar-refractivity contribution in [2.45, 2.75) is 45.0 Å². The lowest BCUT2D eigenvalue weighted by Gasteiger charge is -2.38. The monoisotopic (exact) mass is 374 g/mol. The van der Waals surface area contributed by atoms with Crippen molar-refractivity contribution in [3.8, 4) is 0 Å². The quantitative estimate of drug-likeness (QED) is 0.485. The Bertz CT molecular complexity index is 393. The molecule has 0 saturated carbocycles. The molecule has 1 nitrogen and oxygen atoms in total. The van der Waals surface area contributed by atoms with Crippen molar-refractivity contribution < 1.29 is 4.43 Å². The van der Waals surface area contributed by atoms with Crippen molar-refractivity contribution in [3.05, 3.63) is 46.1 Å². The van der Waals surface area contributed by atoms with Crippen LogP contribution in [0.4, 0.5) is 0 Å². The molecule has 1 unspecified atom stereocenters. The summed E-state index contributed by atoms with van der Waals surface area (Å²) < 4.78 is 8.52. The number of benzene rings is 1. The highest BCUT2D eigenvalue weighted by Crippen LogP contribution is 2.40. The van der Waals surface area contributed by atoms with Crippen LogP contribution in [0.2, 0.25) is 18.1 Å². The van der Waals surface area contributed by atoms with Gasteiger partial charge in [-0.15, -0.1) is 0 Å². The predicted octanol–water partition coefficient (Wildman–Crippen LogP) is 5.70. The van der Waals surface area contributed by atoms with Gasteiger partial charge in [0.25, 0.3) is 0 Å². The number of halogens is 1. The van der Waals surface area contributed by atoms with Crippen LogP contribution in [0, 0.1) is 0 Å². The molecule has 0 aliphatic heterocycles. The molecule has 0 bridgehead atoms. The van der Waals surface area contributed by atoms with Gasteiger partial charge in [-0.2, -0.15) is 0 Å². The number of hydrogen-bond donors (Lipinski definition) is 0. The topological polar surface area (TPSA) is 9.23 Å². The van der Waals surface area contributed by atoms with Crippen LogP contribution in [-0.4, -0.2) is 8.32 Å². The molecule has 0 radical (unpaired) electrons. The molecule has 1 atom stereocenters. The summed E-state index contributed by atoms with van der Waals surface area (Å²) in [7, 11) is -1.74. The van der Waals surface area contributed by atoms with Gasteiger partial charge in [0.15, 0.2) is 8.32 Å². The first-order valence-corrected chi connectivity index (χ1v) is 10.4. The minimum Gasteiger partial charge on any atom is -0.406 e. The second-order valence-corrected chi connectivity index (χ2v) is 11.5. The van der Waals surface area contributed by atoms with Gasteiger partial charge in [0.05, 0.1) is 6.10 Å². The Morgan fingerprint density at radius 3 is 2.17 bits per heavy atom. The molecule has 1 aromatic carbocycles. The predicted molar refractivity (Wildman–Crippen MR) is 90.6 cm³/mol. The first-order valence-electron chi connectivity index (χ1n) is 6.27. The van der Waals surface area contributed by atoms with Crippen molar-refractivity contribution in [1.29, 1.82) is 0 Å². The van der Waals surface area contributed by atoms with Crippen molar-refractivity contribution in [2.75, 3.05) is 0 Å². The van der Waals surface area contributed by atoms with E-state index in [4.69, 9.17) is 4.43 Å². The van der Waals surface area contributed by atoms with Crippen molar-refractivity contribution in [3.63, 3.8) is 0 Å². The molecule has 1 aromatic rings. The lowest BCUT2D eigenvalue weighted by atomic mass is 10.1. The lowest BCUT2D eigenvalue weighted by molar-refractivity contribution is 0.230. The lowest BCUT2D eigenvalue weighted by Crippen LogP contribution is -2.41. The molecule has 0 N–H and O–H groups in total. The van der Waals surface area contributed by atoms with E-state index in [1.165, 1.54) is 5.56 Å². The summed E-state index contributed by atoms with van der Waals surface area (Å²) in [4.78, 5) is 0. The molecule has 0 fully saturated rings. The van der Waals surface area contributed by atoms with Crippen molar-refractivity contribution in [2.24, 2.45) is 0 Å². The molecule has 0 aliphatic rings. The molecule has 1 rings (SSSR count). The largest absolute Gasteiger partial charge is 0.406 e. The highest BCUT2D eigenvalue weighted by Gasteiger charge is 2.38. The zero-order chi connectivity index (χ0) is 13.8. The van der Waals surface area contributed by atoms with Gasteiger partial charge in [-0.05, 0) is 33.9 Å². The average molecular weight is 374 g/mol. The van der Waals surface area contributed by atoms with E-state index in [0.29, 0.717) is 0 Å². The van der Waals surface area contributed by atoms with Crippen LogP contribution in [0.3, 0.4) is 0 Å². The maximum absolute atomic E-state index is 6.48. The normalized spacial score (nSPS) is 15.0. The van der Waals surface area contributed by atoms with Crippen LogP contribution >= 0.6 is 22.6 Å². The summed E-state index contributed by atoms with van der Waals surface area (Å²) in [5, 5.41) is 0.235. The maximum atomic E-state index is 6.48. The van der Waals surface area contributed by atoms with Gasteiger partial charge in [0.1, 0.15) is 0 Å². The van der Waals surface area contributed by atoms with Gasteiger partial charge in [0.2, 0.25) is 0 Å². The number of rotatable bonds is 4. The van der Waals surface area contributed by atoms with E-state index in [-0.39, 0.29) is 11.1 Å². The average Bonchev–Trinajstić information content (AvgIpc) is 2.28. The Labute approximate surface area is 126 Å². The summed E-state index contributed by atoms with van der Waals surface area (Å²) in [6.45, 7) is 11.4. The van der Waals surface area contributed by atoms with Crippen molar-refractivity contribution in [1.82, 2.24) is 0 Å². The summed E-state index contributed by atoms with van der Waals surface area (Å²) in [5.74, 6) is 0. The molecule has 0 heterocycles. The third-order valence-corrected chi connectivity index (χ3v) is 8.47. The first-order chi connectivity index (χ1) is 8.28. The van der Waals surface area contributed by atoms with Crippen LogP contribution in [0.5, 0.6) is 0 Å². The molecule has 0 saturated heterocycles. The summed E-state index contributed by atoms with van der Waals surface area (Å²) in [6, 6.07) is 10.4. The molecular weight excluding hydrogens is 351 g/mol. The Kier molecular flexibility index (Phi) is 5.61. The van der Waals surface area contributed by atoms with E-state index in [1.807, 2.05) is 10.1 Å². The second kappa shape index (κ2) is 6.35. The van der Waals surface area contributed by atoms with Crippen LogP contribution in [0.1, 0.15) is 32.4 Å². The van der Waals surface area contributed by atoms with E-state index in [0.717, 1.165) is 0 Å². The van der Waals surface area contributed by atoms with E-state index >= 15 is 0 Å². The van der Waals surface area contributed by atoms with Gasteiger partial charge in [0, 0.05) is 0 Å². The first kappa shape index (κ1) is 15.9. The maximum Gasteiger partial charge on any atom is 0.193 e. The fourth-order valence-electron chi connectivity index (χ4n) is 1.42. The van der Waals surface area contributed by atoms with Gasteiger partial charge in [-0.25, -0.2) is 0 Å². The minimum absolute atomic E-state index is 0.0731. The van der Waals surface area contributed by atoms with Gasteiger partial charge in [-0.3, -0.25) is 0 Å². The zero-order valence-electron chi connectivity index (χ0n) is 11.9. The zero-order valence-corrected chi connectivity index (χ0v) is 15.1. The SMILES string of the molecule is CC(C)(C)[Si](C)(C)OC(/C=C/I)c1ccccc1. The van der Waals surface area contributed by atoms with Gasteiger partial charge < -0.3 is 4.43 Å². The van der Waals surface area contributed by atoms with E-state index < -0.39 is 8.32 Å². The molecule has 0 spiro atoms. The Morgan fingerprint density at radius 2 is 1.72 bits per heavy atom. The van der Waals surface area contributed by atoms with Crippen LogP contribution in [0.15, 0.2) is 40.5 Å². The summed E-state index contributed by atoms with van der Waals surface area (Å²) in [5.41, 5.74) is 1.23. The highest BCUT2D eigenvalue weighted by atomic mass is 127. The Balaban J connectivity index is 2.96. The standard InChI is InChI=1S/C15H23IOSi/c1-15(2,3)18(4,5)17-14(11-12-16)13-9-7-6-8-10-13/h6-12,14H,1-5H3/b12-11+. The summed E-state index contributed by atoms with van der Waals surface area (Å²) in [6.07, 6.45) is 2.21. The fraction of sp³-hybridized carbons (Fsp3) is 0.467. The van der Waals surface area contributed by atoms with Crippen LogP contribution in [-0.2, 0) is 4.43 Å². The highest BCUT2D eigenvalue weighted by molar-refractivity contribution is 14.1. The van der Waals surface area contributed by atoms with E-state index in [2.05, 4.69) is 86.8 Å². The molecular formula is C15H23IOSi. The second-order valence-electron chi connectivity index (χ2n) is 6.03. The fourth-order valence-corrected chi connectivity index (χ4v) is 3.00. The van der Waals surface area contributed by atoms with Crippen LogP contribution in [0.25, 0.3) is 0 Å². The molecule has 3 heteroatoms. The van der Waals surface area contributed by atoms with Gasteiger partial charge in [-0.1, -0.05) is 73.7 Å². The number of hydrogen-bond acceptors (Lipinski definition) is 1. The van der Waals surface area contributed by atoms with Crippen molar-refractivity contribution >= 4 is 30.9 Å². The minimum atomic E-state index is -1.74. The third kappa shape index (κ3) is 4.21. The molecule has 0 amide bonds.